The number of nitrogens with zero attached hydrogens (tertiary/aromatic N) is 1. The SMILES string of the molecule is CCC1CN(CC=C(C)C)CCCN1. The highest BCUT2D eigenvalue weighted by molar-refractivity contribution is 4.95. The van der Waals surface area contributed by atoms with Crippen LogP contribution in [0.25, 0.3) is 0 Å². The molecule has 1 heterocycles. The minimum absolute atomic E-state index is 0.697. The zero-order chi connectivity index (χ0) is 10.4. The van der Waals surface area contributed by atoms with Crippen molar-refractivity contribution in [1.82, 2.24) is 10.2 Å². The molecule has 0 radical (unpaired) electrons. The minimum atomic E-state index is 0.697. The first-order valence-corrected chi connectivity index (χ1v) is 5.81. The van der Waals surface area contributed by atoms with E-state index in [0.29, 0.717) is 6.04 Å². The summed E-state index contributed by atoms with van der Waals surface area (Å²) in [5.74, 6) is 0. The number of allylic oxidation sites excluding steroid dienone is 1. The second kappa shape index (κ2) is 6.20. The van der Waals surface area contributed by atoms with Gasteiger partial charge in [0.2, 0.25) is 0 Å². The third-order valence-electron chi connectivity index (χ3n) is 2.81. The van der Waals surface area contributed by atoms with Gasteiger partial charge in [0.15, 0.2) is 0 Å². The van der Waals surface area contributed by atoms with Crippen LogP contribution in [-0.2, 0) is 0 Å². The fourth-order valence-corrected chi connectivity index (χ4v) is 1.83. The van der Waals surface area contributed by atoms with Crippen molar-refractivity contribution in [3.05, 3.63) is 11.6 Å². The van der Waals surface area contributed by atoms with Gasteiger partial charge in [-0.3, -0.25) is 4.90 Å². The van der Waals surface area contributed by atoms with Gasteiger partial charge in [-0.1, -0.05) is 18.6 Å². The van der Waals surface area contributed by atoms with Gasteiger partial charge in [-0.25, -0.2) is 0 Å². The second-order valence-electron chi connectivity index (χ2n) is 4.45. The van der Waals surface area contributed by atoms with Crippen molar-refractivity contribution >= 4 is 0 Å². The molecule has 1 aliphatic heterocycles. The molecule has 1 atom stereocenters. The number of hydrogen-bond acceptors (Lipinski definition) is 2. The largest absolute Gasteiger partial charge is 0.313 e. The molecule has 0 aromatic rings. The lowest BCUT2D eigenvalue weighted by molar-refractivity contribution is 0.291. The van der Waals surface area contributed by atoms with Crippen molar-refractivity contribution in [1.29, 1.82) is 0 Å². The van der Waals surface area contributed by atoms with E-state index in [-0.39, 0.29) is 0 Å². The number of nitrogens with one attached hydrogen (secondary N) is 1. The Bertz CT molecular complexity index is 183. The van der Waals surface area contributed by atoms with Gasteiger partial charge in [-0.05, 0) is 39.8 Å². The summed E-state index contributed by atoms with van der Waals surface area (Å²) < 4.78 is 0. The zero-order valence-corrected chi connectivity index (χ0v) is 9.84. The first kappa shape index (κ1) is 11.7. The molecule has 0 aromatic heterocycles. The standard InChI is InChI=1S/C12H24N2/c1-4-12-10-14(8-5-7-13-12)9-6-11(2)3/h6,12-13H,4-5,7-10H2,1-3H3. The van der Waals surface area contributed by atoms with Gasteiger partial charge in [0, 0.05) is 19.1 Å². The maximum absolute atomic E-state index is 3.59. The van der Waals surface area contributed by atoms with Gasteiger partial charge in [-0.15, -0.1) is 0 Å². The van der Waals surface area contributed by atoms with Crippen molar-refractivity contribution in [2.24, 2.45) is 0 Å². The molecule has 82 valence electrons. The predicted molar refractivity (Wildman–Crippen MR) is 62.6 cm³/mol. The maximum Gasteiger partial charge on any atom is 0.0192 e. The molecule has 0 bridgehead atoms. The Morgan fingerprint density at radius 1 is 1.50 bits per heavy atom. The lowest BCUT2D eigenvalue weighted by Gasteiger charge is -2.22. The van der Waals surface area contributed by atoms with Crippen LogP contribution in [0.3, 0.4) is 0 Å². The minimum Gasteiger partial charge on any atom is -0.313 e. The monoisotopic (exact) mass is 196 g/mol. The summed E-state index contributed by atoms with van der Waals surface area (Å²) in [4.78, 5) is 2.56. The Kier molecular flexibility index (Phi) is 5.20. The molecular weight excluding hydrogens is 172 g/mol. The molecule has 0 spiro atoms. The van der Waals surface area contributed by atoms with Gasteiger partial charge in [0.1, 0.15) is 0 Å². The molecule has 14 heavy (non-hydrogen) atoms. The van der Waals surface area contributed by atoms with Crippen LogP contribution in [0.15, 0.2) is 11.6 Å². The quantitative estimate of drug-likeness (QED) is 0.695. The highest BCUT2D eigenvalue weighted by Gasteiger charge is 2.14. The molecule has 1 fully saturated rings. The van der Waals surface area contributed by atoms with E-state index in [0.717, 1.165) is 6.54 Å². The van der Waals surface area contributed by atoms with E-state index in [1.165, 1.54) is 38.0 Å². The maximum atomic E-state index is 3.59. The normalized spacial score (nSPS) is 24.4. The van der Waals surface area contributed by atoms with Crippen LogP contribution in [0.1, 0.15) is 33.6 Å². The first-order chi connectivity index (χ1) is 6.72. The highest BCUT2D eigenvalue weighted by Crippen LogP contribution is 2.04. The van der Waals surface area contributed by atoms with Crippen LogP contribution in [-0.4, -0.2) is 37.1 Å². The average Bonchev–Trinajstić information content (AvgIpc) is 2.39. The van der Waals surface area contributed by atoms with E-state index in [2.05, 4.69) is 37.1 Å². The van der Waals surface area contributed by atoms with Crippen LogP contribution in [0.5, 0.6) is 0 Å². The summed E-state index contributed by atoms with van der Waals surface area (Å²) in [6.07, 6.45) is 4.86. The molecule has 0 aromatic carbocycles. The smallest absolute Gasteiger partial charge is 0.0192 e. The summed E-state index contributed by atoms with van der Waals surface area (Å²) in [7, 11) is 0. The highest BCUT2D eigenvalue weighted by atomic mass is 15.2. The van der Waals surface area contributed by atoms with Crippen LogP contribution in [0.4, 0.5) is 0 Å². The Hall–Kier alpha value is -0.340. The van der Waals surface area contributed by atoms with Gasteiger partial charge in [0.05, 0.1) is 0 Å². The van der Waals surface area contributed by atoms with Crippen molar-refractivity contribution in [2.75, 3.05) is 26.2 Å². The molecule has 1 N–H and O–H groups in total. The second-order valence-corrected chi connectivity index (χ2v) is 4.45. The number of rotatable bonds is 3. The topological polar surface area (TPSA) is 15.3 Å². The molecule has 2 heteroatoms. The summed E-state index contributed by atoms with van der Waals surface area (Å²) in [6.45, 7) is 11.4. The van der Waals surface area contributed by atoms with E-state index >= 15 is 0 Å². The van der Waals surface area contributed by atoms with Crippen molar-refractivity contribution < 1.29 is 0 Å². The van der Waals surface area contributed by atoms with Gasteiger partial charge < -0.3 is 5.32 Å². The molecule has 1 rings (SSSR count). The molecular formula is C12H24N2. The molecule has 0 amide bonds. The zero-order valence-electron chi connectivity index (χ0n) is 9.84. The fourth-order valence-electron chi connectivity index (χ4n) is 1.83. The Balaban J connectivity index is 2.38. The fraction of sp³-hybridized carbons (Fsp3) is 0.833. The van der Waals surface area contributed by atoms with E-state index in [1.807, 2.05) is 0 Å². The van der Waals surface area contributed by atoms with Crippen LogP contribution in [0, 0.1) is 0 Å². The number of hydrogen-bond donors (Lipinski definition) is 1. The lowest BCUT2D eigenvalue weighted by atomic mass is 10.2. The van der Waals surface area contributed by atoms with E-state index in [4.69, 9.17) is 0 Å². The summed E-state index contributed by atoms with van der Waals surface area (Å²) in [5.41, 5.74) is 1.43. The summed E-state index contributed by atoms with van der Waals surface area (Å²) in [6, 6.07) is 0.697. The summed E-state index contributed by atoms with van der Waals surface area (Å²) >= 11 is 0. The first-order valence-electron chi connectivity index (χ1n) is 5.81. The van der Waals surface area contributed by atoms with Crippen LogP contribution >= 0.6 is 0 Å². The van der Waals surface area contributed by atoms with E-state index < -0.39 is 0 Å². The molecule has 2 nitrogen and oxygen atoms in total. The third kappa shape index (κ3) is 4.25. The van der Waals surface area contributed by atoms with Gasteiger partial charge in [-0.2, -0.15) is 0 Å². The van der Waals surface area contributed by atoms with E-state index in [1.54, 1.807) is 0 Å². The van der Waals surface area contributed by atoms with Crippen molar-refractivity contribution in [3.63, 3.8) is 0 Å². The van der Waals surface area contributed by atoms with Crippen LogP contribution in [0.2, 0.25) is 0 Å². The van der Waals surface area contributed by atoms with E-state index in [9.17, 15) is 0 Å². The Labute approximate surface area is 88.4 Å². The van der Waals surface area contributed by atoms with Gasteiger partial charge in [0.25, 0.3) is 0 Å². The van der Waals surface area contributed by atoms with Crippen LogP contribution < -0.4 is 5.32 Å². The Morgan fingerprint density at radius 2 is 2.29 bits per heavy atom. The molecule has 0 saturated carbocycles. The van der Waals surface area contributed by atoms with Crippen molar-refractivity contribution in [2.45, 2.75) is 39.7 Å². The van der Waals surface area contributed by atoms with Gasteiger partial charge >= 0.3 is 0 Å². The van der Waals surface area contributed by atoms with Crippen molar-refractivity contribution in [3.8, 4) is 0 Å². The molecule has 1 saturated heterocycles. The Morgan fingerprint density at radius 3 is 2.93 bits per heavy atom. The summed E-state index contributed by atoms with van der Waals surface area (Å²) in [5, 5.41) is 3.59. The average molecular weight is 196 g/mol. The molecule has 1 unspecified atom stereocenters. The lowest BCUT2D eigenvalue weighted by Crippen LogP contribution is -2.37. The molecule has 1 aliphatic rings. The molecule has 0 aliphatic carbocycles. The predicted octanol–water partition coefficient (Wildman–Crippen LogP) is 2.03. The third-order valence-corrected chi connectivity index (χ3v) is 2.81.